The van der Waals surface area contributed by atoms with Gasteiger partial charge in [-0.05, 0) is 18.6 Å². The predicted octanol–water partition coefficient (Wildman–Crippen LogP) is 2.23. The van der Waals surface area contributed by atoms with Gasteiger partial charge in [-0.15, -0.1) is 0 Å². The molecule has 1 unspecified atom stereocenters. The summed E-state index contributed by atoms with van der Waals surface area (Å²) in [6, 6.07) is 1.44. The Morgan fingerprint density at radius 3 is 2.60 bits per heavy atom. The van der Waals surface area contributed by atoms with Gasteiger partial charge in [-0.25, -0.2) is 0 Å². The topological polar surface area (TPSA) is 107 Å². The van der Waals surface area contributed by atoms with Gasteiger partial charge in [-0.1, -0.05) is 15.9 Å². The summed E-state index contributed by atoms with van der Waals surface area (Å²) in [6.07, 6.45) is 0. The SMILES string of the molecule is CCOC(=O)C(C(=O)O)c1cc(F)c([N+](=O)[O-])cc1Br. The first kappa shape index (κ1) is 16.0. The molecule has 0 spiro atoms. The molecule has 0 heterocycles. The van der Waals surface area contributed by atoms with E-state index in [9.17, 15) is 24.1 Å². The number of nitro benzene ring substituents is 1. The van der Waals surface area contributed by atoms with E-state index < -0.39 is 34.3 Å². The molecule has 0 aliphatic carbocycles. The molecule has 7 nitrogen and oxygen atoms in total. The molecule has 108 valence electrons. The molecule has 0 saturated carbocycles. The molecule has 1 N–H and O–H groups in total. The third kappa shape index (κ3) is 3.29. The van der Waals surface area contributed by atoms with Crippen LogP contribution in [0.2, 0.25) is 0 Å². The van der Waals surface area contributed by atoms with Crippen LogP contribution in [0.4, 0.5) is 10.1 Å². The zero-order chi connectivity index (χ0) is 15.4. The number of halogens is 2. The molecule has 1 aromatic carbocycles. The van der Waals surface area contributed by atoms with E-state index in [4.69, 9.17) is 5.11 Å². The molecule has 1 aromatic rings. The summed E-state index contributed by atoms with van der Waals surface area (Å²) >= 11 is 2.90. The van der Waals surface area contributed by atoms with E-state index in [2.05, 4.69) is 20.7 Å². The number of ether oxygens (including phenoxy) is 1. The molecule has 20 heavy (non-hydrogen) atoms. The molecule has 0 bridgehead atoms. The van der Waals surface area contributed by atoms with Crippen LogP contribution in [0.3, 0.4) is 0 Å². The number of benzene rings is 1. The van der Waals surface area contributed by atoms with E-state index >= 15 is 0 Å². The number of esters is 1. The van der Waals surface area contributed by atoms with Gasteiger partial charge in [0.2, 0.25) is 5.82 Å². The molecule has 0 aliphatic heterocycles. The Bertz CT molecular complexity index is 576. The van der Waals surface area contributed by atoms with Crippen LogP contribution in [0.1, 0.15) is 18.4 Å². The van der Waals surface area contributed by atoms with Gasteiger partial charge in [0.25, 0.3) is 0 Å². The average molecular weight is 350 g/mol. The van der Waals surface area contributed by atoms with Gasteiger partial charge in [0.05, 0.1) is 11.5 Å². The van der Waals surface area contributed by atoms with Crippen molar-refractivity contribution in [3.8, 4) is 0 Å². The van der Waals surface area contributed by atoms with Gasteiger partial charge >= 0.3 is 17.6 Å². The summed E-state index contributed by atoms with van der Waals surface area (Å²) in [5, 5.41) is 19.6. The summed E-state index contributed by atoms with van der Waals surface area (Å²) in [5.74, 6) is -5.62. The highest BCUT2D eigenvalue weighted by Crippen LogP contribution is 2.32. The predicted molar refractivity (Wildman–Crippen MR) is 67.8 cm³/mol. The second-order valence-electron chi connectivity index (χ2n) is 3.61. The van der Waals surface area contributed by atoms with Crippen molar-refractivity contribution in [1.29, 1.82) is 0 Å². The minimum Gasteiger partial charge on any atom is -0.480 e. The van der Waals surface area contributed by atoms with Crippen molar-refractivity contribution >= 4 is 33.6 Å². The maximum absolute atomic E-state index is 13.5. The molecule has 1 rings (SSSR count). The Labute approximate surface area is 120 Å². The number of hydrogen-bond acceptors (Lipinski definition) is 5. The molecular weight excluding hydrogens is 341 g/mol. The summed E-state index contributed by atoms with van der Waals surface area (Å²) in [5.41, 5.74) is -1.08. The number of rotatable bonds is 5. The third-order valence-electron chi connectivity index (χ3n) is 2.34. The summed E-state index contributed by atoms with van der Waals surface area (Å²) < 4.78 is 18.1. The number of nitrogens with zero attached hydrogens (tertiary/aromatic N) is 1. The van der Waals surface area contributed by atoms with Crippen LogP contribution in [0.25, 0.3) is 0 Å². The van der Waals surface area contributed by atoms with Crippen LogP contribution in [0.15, 0.2) is 16.6 Å². The highest BCUT2D eigenvalue weighted by atomic mass is 79.9. The number of hydrogen-bond donors (Lipinski definition) is 1. The van der Waals surface area contributed by atoms with E-state index in [-0.39, 0.29) is 16.6 Å². The van der Waals surface area contributed by atoms with Gasteiger partial charge in [0, 0.05) is 10.5 Å². The second-order valence-corrected chi connectivity index (χ2v) is 4.46. The van der Waals surface area contributed by atoms with Crippen LogP contribution in [0.5, 0.6) is 0 Å². The Morgan fingerprint density at radius 1 is 1.55 bits per heavy atom. The highest BCUT2D eigenvalue weighted by molar-refractivity contribution is 9.10. The maximum atomic E-state index is 13.5. The van der Waals surface area contributed by atoms with Crippen LogP contribution in [0, 0.1) is 15.9 Å². The van der Waals surface area contributed by atoms with Crippen molar-refractivity contribution in [2.24, 2.45) is 0 Å². The lowest BCUT2D eigenvalue weighted by molar-refractivity contribution is -0.387. The smallest absolute Gasteiger partial charge is 0.324 e. The first-order valence-corrected chi connectivity index (χ1v) is 6.11. The van der Waals surface area contributed by atoms with Crippen LogP contribution < -0.4 is 0 Å². The van der Waals surface area contributed by atoms with Crippen LogP contribution in [-0.4, -0.2) is 28.6 Å². The lowest BCUT2D eigenvalue weighted by atomic mass is 9.99. The second kappa shape index (κ2) is 6.42. The standard InChI is InChI=1S/C11H9BrFNO6/c1-2-20-11(17)9(10(15)16)5-3-7(13)8(14(18)19)4-6(5)12/h3-4,9H,2H2,1H3,(H,15,16). The molecule has 0 amide bonds. The molecule has 9 heteroatoms. The van der Waals surface area contributed by atoms with Crippen molar-refractivity contribution in [2.45, 2.75) is 12.8 Å². The molecule has 0 fully saturated rings. The monoisotopic (exact) mass is 349 g/mol. The third-order valence-corrected chi connectivity index (χ3v) is 3.03. The van der Waals surface area contributed by atoms with Gasteiger partial charge < -0.3 is 9.84 Å². The maximum Gasteiger partial charge on any atom is 0.324 e. The molecule has 0 aromatic heterocycles. The summed E-state index contributed by atoms with van der Waals surface area (Å²) in [6.45, 7) is 1.44. The van der Waals surface area contributed by atoms with Crippen molar-refractivity contribution in [3.05, 3.63) is 38.1 Å². The molecule has 0 saturated heterocycles. The zero-order valence-corrected chi connectivity index (χ0v) is 11.7. The van der Waals surface area contributed by atoms with Crippen molar-refractivity contribution in [3.63, 3.8) is 0 Å². The van der Waals surface area contributed by atoms with Crippen LogP contribution >= 0.6 is 15.9 Å². The molecular formula is C11H9BrFNO6. The number of nitro groups is 1. The number of carboxylic acids is 1. The van der Waals surface area contributed by atoms with Crippen LogP contribution in [-0.2, 0) is 14.3 Å². The van der Waals surface area contributed by atoms with Gasteiger partial charge in [0.15, 0.2) is 5.92 Å². The van der Waals surface area contributed by atoms with E-state index in [0.717, 1.165) is 6.07 Å². The number of carboxylic acid groups (broad SMARTS) is 1. The van der Waals surface area contributed by atoms with Crippen molar-refractivity contribution < 1.29 is 28.7 Å². The first-order valence-electron chi connectivity index (χ1n) is 5.32. The largest absolute Gasteiger partial charge is 0.480 e. The number of carbonyl (C=O) groups excluding carboxylic acids is 1. The van der Waals surface area contributed by atoms with Crippen molar-refractivity contribution in [2.75, 3.05) is 6.61 Å². The molecule has 0 aliphatic rings. The highest BCUT2D eigenvalue weighted by Gasteiger charge is 2.33. The summed E-state index contributed by atoms with van der Waals surface area (Å²) in [7, 11) is 0. The van der Waals surface area contributed by atoms with E-state index in [1.807, 2.05) is 0 Å². The summed E-state index contributed by atoms with van der Waals surface area (Å²) in [4.78, 5) is 32.3. The Balaban J connectivity index is 3.35. The average Bonchev–Trinajstić information content (AvgIpc) is 2.32. The van der Waals surface area contributed by atoms with E-state index in [0.29, 0.717) is 6.07 Å². The number of carbonyl (C=O) groups is 2. The Morgan fingerprint density at radius 2 is 2.15 bits per heavy atom. The fourth-order valence-electron chi connectivity index (χ4n) is 1.50. The zero-order valence-electron chi connectivity index (χ0n) is 10.1. The van der Waals surface area contributed by atoms with Gasteiger partial charge in [-0.3, -0.25) is 19.7 Å². The Kier molecular flexibility index (Phi) is 5.14. The van der Waals surface area contributed by atoms with Crippen molar-refractivity contribution in [1.82, 2.24) is 0 Å². The molecule has 1 atom stereocenters. The first-order chi connectivity index (χ1) is 9.29. The fraction of sp³-hybridized carbons (Fsp3) is 0.273. The lowest BCUT2D eigenvalue weighted by Crippen LogP contribution is -2.24. The van der Waals surface area contributed by atoms with E-state index in [1.165, 1.54) is 6.92 Å². The molecule has 0 radical (unpaired) electrons. The quantitative estimate of drug-likeness (QED) is 0.378. The van der Waals surface area contributed by atoms with Gasteiger partial charge in [0.1, 0.15) is 0 Å². The minimum atomic E-state index is -1.76. The normalized spacial score (nSPS) is 11.8. The minimum absolute atomic E-state index is 0.0459. The lowest BCUT2D eigenvalue weighted by Gasteiger charge is -2.13. The number of aliphatic carboxylic acids is 1. The Hall–Kier alpha value is -2.03. The van der Waals surface area contributed by atoms with Gasteiger partial charge in [-0.2, -0.15) is 4.39 Å². The fourth-order valence-corrected chi connectivity index (χ4v) is 2.06. The van der Waals surface area contributed by atoms with E-state index in [1.54, 1.807) is 0 Å².